The van der Waals surface area contributed by atoms with Gasteiger partial charge in [0.1, 0.15) is 5.70 Å². The second kappa shape index (κ2) is 9.71. The molecule has 3 aromatic carbocycles. The van der Waals surface area contributed by atoms with E-state index < -0.39 is 29.2 Å². The van der Waals surface area contributed by atoms with E-state index in [1.54, 1.807) is 48.5 Å². The highest BCUT2D eigenvalue weighted by Crippen LogP contribution is 2.30. The van der Waals surface area contributed by atoms with Crippen molar-refractivity contribution in [2.75, 3.05) is 0 Å². The van der Waals surface area contributed by atoms with E-state index in [1.807, 2.05) is 6.07 Å². The number of carbonyl (C=O) groups is 2. The lowest BCUT2D eigenvalue weighted by atomic mass is 10.1. The summed E-state index contributed by atoms with van der Waals surface area (Å²) in [5.74, 6) is -0.723. The second-order valence-electron chi connectivity index (χ2n) is 8.43. The van der Waals surface area contributed by atoms with Crippen LogP contribution in [0.2, 0.25) is 5.02 Å². The van der Waals surface area contributed by atoms with Crippen molar-refractivity contribution in [3.05, 3.63) is 117 Å². The Bertz CT molecular complexity index is 1620. The van der Waals surface area contributed by atoms with Crippen molar-refractivity contribution in [1.82, 2.24) is 20.0 Å². The summed E-state index contributed by atoms with van der Waals surface area (Å²) in [5.41, 5.74) is 0.383. The monoisotopic (exact) mass is 538 g/mol. The van der Waals surface area contributed by atoms with Gasteiger partial charge in [-0.25, -0.2) is 9.48 Å². The van der Waals surface area contributed by atoms with Gasteiger partial charge in [0.2, 0.25) is 0 Å². The molecule has 0 radical (unpaired) electrons. The van der Waals surface area contributed by atoms with Crippen LogP contribution in [0.25, 0.3) is 23.0 Å². The first kappa shape index (κ1) is 25.1. The summed E-state index contributed by atoms with van der Waals surface area (Å²) in [4.78, 5) is 40.0. The number of carbonyl (C=O) groups excluding carboxylic acids is 2. The van der Waals surface area contributed by atoms with Gasteiger partial charge in [0.25, 0.3) is 11.5 Å². The number of hydrogen-bond acceptors (Lipinski definition) is 3. The minimum atomic E-state index is -4.50. The molecule has 4 aromatic rings. The van der Waals surface area contributed by atoms with Gasteiger partial charge < -0.3 is 5.32 Å². The van der Waals surface area contributed by atoms with Crippen LogP contribution in [-0.4, -0.2) is 26.6 Å². The van der Waals surface area contributed by atoms with E-state index in [1.165, 1.54) is 22.9 Å². The number of nitrogens with zero attached hydrogens (tertiary/aromatic N) is 2. The van der Waals surface area contributed by atoms with E-state index in [-0.39, 0.29) is 17.8 Å². The standard InChI is InChI=1S/C27H18ClF3N4O3/c28-20-8-4-5-9-22(20)35-24(36)19(23(33-35)17-6-2-1-3-7-17)14-21-25(37)34(26(38)32-21)15-16-10-12-18(13-11-16)27(29,30)31/h1-14,33H,15H2,(H,32,38). The molecule has 0 saturated carbocycles. The fourth-order valence-electron chi connectivity index (χ4n) is 4.05. The first-order valence-corrected chi connectivity index (χ1v) is 11.7. The van der Waals surface area contributed by atoms with Gasteiger partial charge in [0.05, 0.1) is 34.1 Å². The zero-order valence-corrected chi connectivity index (χ0v) is 20.2. The van der Waals surface area contributed by atoms with Crippen molar-refractivity contribution < 1.29 is 22.8 Å². The smallest absolute Gasteiger partial charge is 0.303 e. The maximum Gasteiger partial charge on any atom is 0.416 e. The van der Waals surface area contributed by atoms with Gasteiger partial charge in [-0.05, 0) is 35.9 Å². The first-order chi connectivity index (χ1) is 18.1. The highest BCUT2D eigenvalue weighted by molar-refractivity contribution is 6.32. The lowest BCUT2D eigenvalue weighted by molar-refractivity contribution is -0.137. The number of hydrogen-bond donors (Lipinski definition) is 2. The normalized spacial score (nSPS) is 14.8. The number of aromatic nitrogens is 2. The number of halogens is 4. The first-order valence-electron chi connectivity index (χ1n) is 11.3. The molecule has 2 heterocycles. The molecule has 11 heteroatoms. The molecule has 0 atom stereocenters. The summed E-state index contributed by atoms with van der Waals surface area (Å²) >= 11 is 6.31. The van der Waals surface area contributed by atoms with Crippen LogP contribution in [0.15, 0.2) is 89.4 Å². The van der Waals surface area contributed by atoms with Gasteiger partial charge in [-0.15, -0.1) is 0 Å². The van der Waals surface area contributed by atoms with Crippen molar-refractivity contribution in [2.45, 2.75) is 12.7 Å². The summed E-state index contributed by atoms with van der Waals surface area (Å²) in [5, 5.41) is 5.81. The molecule has 2 N–H and O–H groups in total. The molecule has 0 unspecified atom stereocenters. The summed E-state index contributed by atoms with van der Waals surface area (Å²) in [6, 6.07) is 19.1. The Labute approximate surface area is 218 Å². The van der Waals surface area contributed by atoms with Crippen LogP contribution in [-0.2, 0) is 17.5 Å². The molecule has 5 rings (SSSR count). The molecule has 1 saturated heterocycles. The number of para-hydroxylation sites is 1. The average Bonchev–Trinajstić information content (AvgIpc) is 3.35. The van der Waals surface area contributed by atoms with Gasteiger partial charge in [-0.1, -0.05) is 66.2 Å². The number of imide groups is 1. The summed E-state index contributed by atoms with van der Waals surface area (Å²) < 4.78 is 39.8. The fraction of sp³-hybridized carbons (Fsp3) is 0.0741. The average molecular weight is 539 g/mol. The number of nitrogens with one attached hydrogen (secondary N) is 2. The third-order valence-electron chi connectivity index (χ3n) is 5.96. The number of rotatable bonds is 5. The third kappa shape index (κ3) is 4.73. The van der Waals surface area contributed by atoms with Gasteiger partial charge in [0, 0.05) is 5.56 Å². The van der Waals surface area contributed by atoms with Crippen LogP contribution >= 0.6 is 11.6 Å². The minimum absolute atomic E-state index is 0.108. The largest absolute Gasteiger partial charge is 0.416 e. The van der Waals surface area contributed by atoms with Crippen LogP contribution < -0.4 is 10.9 Å². The molecule has 192 valence electrons. The Kier molecular flexibility index (Phi) is 6.41. The number of urea groups is 1. The van der Waals surface area contributed by atoms with Crippen LogP contribution in [0.5, 0.6) is 0 Å². The van der Waals surface area contributed by atoms with E-state index in [0.29, 0.717) is 27.5 Å². The van der Waals surface area contributed by atoms with Gasteiger partial charge in [-0.3, -0.25) is 19.6 Å². The molecule has 3 amide bonds. The second-order valence-corrected chi connectivity index (χ2v) is 8.84. The highest BCUT2D eigenvalue weighted by Gasteiger charge is 2.35. The number of amides is 3. The van der Waals surface area contributed by atoms with Crippen molar-refractivity contribution >= 4 is 29.6 Å². The van der Waals surface area contributed by atoms with Gasteiger partial charge >= 0.3 is 12.2 Å². The maximum atomic E-state index is 13.5. The van der Waals surface area contributed by atoms with Crippen molar-refractivity contribution in [2.24, 2.45) is 0 Å². The number of alkyl halides is 3. The van der Waals surface area contributed by atoms with Crippen molar-refractivity contribution in [1.29, 1.82) is 0 Å². The predicted molar refractivity (Wildman–Crippen MR) is 135 cm³/mol. The summed E-state index contributed by atoms with van der Waals surface area (Å²) in [7, 11) is 0. The van der Waals surface area contributed by atoms with Crippen LogP contribution in [0, 0.1) is 0 Å². The Morgan fingerprint density at radius 2 is 1.53 bits per heavy atom. The Hall–Kier alpha value is -4.57. The fourth-order valence-corrected chi connectivity index (χ4v) is 4.27. The lowest BCUT2D eigenvalue weighted by Crippen LogP contribution is -2.30. The quantitative estimate of drug-likeness (QED) is 0.256. The Morgan fingerprint density at radius 1 is 0.868 bits per heavy atom. The molecule has 0 aliphatic carbocycles. The minimum Gasteiger partial charge on any atom is -0.303 e. The van der Waals surface area contributed by atoms with Crippen LogP contribution in [0.1, 0.15) is 16.7 Å². The highest BCUT2D eigenvalue weighted by atomic mass is 35.5. The molecule has 1 aliphatic rings. The molecule has 1 fully saturated rings. The van der Waals surface area contributed by atoms with Gasteiger partial charge in [-0.2, -0.15) is 13.2 Å². The predicted octanol–water partition coefficient (Wildman–Crippen LogP) is 5.60. The lowest BCUT2D eigenvalue weighted by Gasteiger charge is -2.13. The topological polar surface area (TPSA) is 87.2 Å². The third-order valence-corrected chi connectivity index (χ3v) is 6.27. The van der Waals surface area contributed by atoms with Crippen LogP contribution in [0.4, 0.5) is 18.0 Å². The van der Waals surface area contributed by atoms with E-state index in [4.69, 9.17) is 11.6 Å². The summed E-state index contributed by atoms with van der Waals surface area (Å²) in [6.07, 6.45) is -3.22. The molecule has 38 heavy (non-hydrogen) atoms. The molecule has 0 spiro atoms. The number of H-pyrrole nitrogens is 1. The maximum absolute atomic E-state index is 13.5. The molecule has 1 aromatic heterocycles. The molecule has 0 bridgehead atoms. The number of aromatic amines is 1. The van der Waals surface area contributed by atoms with E-state index in [9.17, 15) is 27.6 Å². The van der Waals surface area contributed by atoms with Crippen LogP contribution in [0.3, 0.4) is 0 Å². The zero-order valence-electron chi connectivity index (χ0n) is 19.4. The van der Waals surface area contributed by atoms with E-state index in [2.05, 4.69) is 10.4 Å². The van der Waals surface area contributed by atoms with E-state index in [0.717, 1.165) is 17.0 Å². The van der Waals surface area contributed by atoms with Gasteiger partial charge in [0.15, 0.2) is 0 Å². The van der Waals surface area contributed by atoms with E-state index >= 15 is 0 Å². The SMILES string of the molecule is O=C1NC(=Cc2c(-c3ccccc3)[nH]n(-c3ccccc3Cl)c2=O)C(=O)N1Cc1ccc(C(F)(F)F)cc1. The van der Waals surface area contributed by atoms with Crippen molar-refractivity contribution in [3.63, 3.8) is 0 Å². The Balaban J connectivity index is 1.52. The molecule has 1 aliphatic heterocycles. The summed E-state index contributed by atoms with van der Waals surface area (Å²) in [6.45, 7) is -0.247. The molecular weight excluding hydrogens is 521 g/mol. The number of benzene rings is 3. The molecule has 7 nitrogen and oxygen atoms in total. The molecular formula is C27H18ClF3N4O3. The zero-order chi connectivity index (χ0) is 27.0. The van der Waals surface area contributed by atoms with Crippen molar-refractivity contribution in [3.8, 4) is 16.9 Å². The Morgan fingerprint density at radius 3 is 2.18 bits per heavy atom.